The van der Waals surface area contributed by atoms with Crippen LogP contribution in [0.1, 0.15) is 5.56 Å². The second kappa shape index (κ2) is 6.02. The van der Waals surface area contributed by atoms with Crippen molar-refractivity contribution in [3.8, 4) is 16.5 Å². The molecule has 2 aromatic heterocycles. The predicted molar refractivity (Wildman–Crippen MR) is 86.7 cm³/mol. The summed E-state index contributed by atoms with van der Waals surface area (Å²) in [7, 11) is 1.64. The largest absolute Gasteiger partial charge is 0.497 e. The molecule has 0 radical (unpaired) electrons. The molecule has 1 aromatic carbocycles. The third-order valence-electron chi connectivity index (χ3n) is 2.81. The summed E-state index contributed by atoms with van der Waals surface area (Å²) in [6.07, 6.45) is 1.73. The summed E-state index contributed by atoms with van der Waals surface area (Å²) in [4.78, 5) is 1.00. The smallest absolute Gasteiger partial charge is 0.216 e. The monoisotopic (exact) mass is 316 g/mol. The van der Waals surface area contributed by atoms with Gasteiger partial charge in [-0.25, -0.2) is 5.10 Å². The van der Waals surface area contributed by atoms with Crippen LogP contribution >= 0.6 is 23.6 Å². The zero-order valence-corrected chi connectivity index (χ0v) is 12.8. The Morgan fingerprint density at radius 3 is 3.05 bits per heavy atom. The normalized spacial score (nSPS) is 11.1. The van der Waals surface area contributed by atoms with Gasteiger partial charge in [-0.3, -0.25) is 0 Å². The maximum absolute atomic E-state index is 5.22. The van der Waals surface area contributed by atoms with Crippen LogP contribution in [0.5, 0.6) is 5.75 Å². The lowest BCUT2D eigenvalue weighted by Gasteiger charge is -2.00. The van der Waals surface area contributed by atoms with Gasteiger partial charge in [0.05, 0.1) is 18.2 Å². The van der Waals surface area contributed by atoms with E-state index in [-0.39, 0.29) is 0 Å². The first-order valence-corrected chi connectivity index (χ1v) is 7.46. The molecule has 106 valence electrons. The third kappa shape index (κ3) is 2.93. The van der Waals surface area contributed by atoms with Gasteiger partial charge in [0.1, 0.15) is 5.75 Å². The molecule has 0 aliphatic heterocycles. The lowest BCUT2D eigenvalue weighted by atomic mass is 10.2. The fourth-order valence-electron chi connectivity index (χ4n) is 1.81. The Morgan fingerprint density at radius 2 is 2.29 bits per heavy atom. The molecule has 3 rings (SSSR count). The van der Waals surface area contributed by atoms with E-state index in [4.69, 9.17) is 17.0 Å². The van der Waals surface area contributed by atoms with Crippen molar-refractivity contribution in [2.45, 2.75) is 0 Å². The lowest BCUT2D eigenvalue weighted by Crippen LogP contribution is -1.94. The number of aromatic amines is 1. The van der Waals surface area contributed by atoms with Crippen LogP contribution in [0.2, 0.25) is 0 Å². The third-order valence-corrected chi connectivity index (χ3v) is 3.94. The van der Waals surface area contributed by atoms with Crippen LogP contribution in [0.4, 0.5) is 0 Å². The Kier molecular flexibility index (Phi) is 3.94. The second-order valence-corrected chi connectivity index (χ2v) is 5.50. The van der Waals surface area contributed by atoms with Crippen molar-refractivity contribution in [3.63, 3.8) is 0 Å². The molecule has 2 heterocycles. The molecular formula is C14H12N4OS2. The molecule has 0 aliphatic rings. The minimum absolute atomic E-state index is 0.456. The number of hydrogen-bond donors (Lipinski definition) is 1. The van der Waals surface area contributed by atoms with E-state index in [1.807, 2.05) is 41.8 Å². The molecule has 0 fully saturated rings. The molecular weight excluding hydrogens is 304 g/mol. The molecule has 0 atom stereocenters. The quantitative estimate of drug-likeness (QED) is 0.591. The summed E-state index contributed by atoms with van der Waals surface area (Å²) in [6.45, 7) is 0. The van der Waals surface area contributed by atoms with Crippen molar-refractivity contribution in [1.29, 1.82) is 0 Å². The summed E-state index contributed by atoms with van der Waals surface area (Å²) >= 11 is 6.81. The van der Waals surface area contributed by atoms with Gasteiger partial charge >= 0.3 is 0 Å². The Labute approximate surface area is 130 Å². The van der Waals surface area contributed by atoms with Crippen molar-refractivity contribution >= 4 is 29.8 Å². The summed E-state index contributed by atoms with van der Waals surface area (Å²) in [5.74, 6) is 1.49. The topological polar surface area (TPSA) is 55.2 Å². The molecule has 0 spiro atoms. The van der Waals surface area contributed by atoms with Gasteiger partial charge in [-0.05, 0) is 41.4 Å². The number of H-pyrrole nitrogens is 1. The average Bonchev–Trinajstić information content (AvgIpc) is 3.15. The standard InChI is InChI=1S/C14H12N4OS2/c1-19-11-5-2-4-10(8-11)9-15-18-13(16-17-14(18)20)12-6-3-7-21-12/h2-9H,1H3,(H,17,20)/b15-9-. The number of benzene rings is 1. The molecule has 0 bridgehead atoms. The Morgan fingerprint density at radius 1 is 1.38 bits per heavy atom. The number of thiophene rings is 1. The van der Waals surface area contributed by atoms with E-state index in [0.29, 0.717) is 10.6 Å². The zero-order chi connectivity index (χ0) is 14.7. The van der Waals surface area contributed by atoms with Gasteiger partial charge in [0, 0.05) is 0 Å². The van der Waals surface area contributed by atoms with Crippen LogP contribution < -0.4 is 4.74 Å². The molecule has 21 heavy (non-hydrogen) atoms. The summed E-state index contributed by atoms with van der Waals surface area (Å²) in [6, 6.07) is 11.6. The average molecular weight is 316 g/mol. The number of aromatic nitrogens is 3. The van der Waals surface area contributed by atoms with Crippen LogP contribution in [0, 0.1) is 4.77 Å². The van der Waals surface area contributed by atoms with E-state index in [1.54, 1.807) is 29.3 Å². The van der Waals surface area contributed by atoms with Gasteiger partial charge in [0.15, 0.2) is 5.82 Å². The van der Waals surface area contributed by atoms with Gasteiger partial charge in [-0.15, -0.1) is 11.3 Å². The Balaban J connectivity index is 1.96. The van der Waals surface area contributed by atoms with Crippen LogP contribution in [-0.2, 0) is 0 Å². The van der Waals surface area contributed by atoms with Crippen molar-refractivity contribution in [3.05, 3.63) is 52.1 Å². The van der Waals surface area contributed by atoms with Gasteiger partial charge in [0.2, 0.25) is 4.77 Å². The number of nitrogens with zero attached hydrogens (tertiary/aromatic N) is 3. The van der Waals surface area contributed by atoms with Crippen LogP contribution in [0.3, 0.4) is 0 Å². The summed E-state index contributed by atoms with van der Waals surface area (Å²) in [5.41, 5.74) is 0.926. The SMILES string of the molecule is COc1cccc(/C=N\n2c(-c3cccs3)n[nH]c2=S)c1. The van der Waals surface area contributed by atoms with Gasteiger partial charge in [0.25, 0.3) is 0 Å². The molecule has 0 aliphatic carbocycles. The van der Waals surface area contributed by atoms with Gasteiger partial charge < -0.3 is 4.74 Å². The molecule has 0 unspecified atom stereocenters. The number of ether oxygens (including phenoxy) is 1. The van der Waals surface area contributed by atoms with Crippen LogP contribution in [0.25, 0.3) is 10.7 Å². The minimum Gasteiger partial charge on any atom is -0.497 e. The maximum atomic E-state index is 5.22. The predicted octanol–water partition coefficient (Wildman–Crippen LogP) is 3.56. The van der Waals surface area contributed by atoms with Gasteiger partial charge in [-0.2, -0.15) is 14.9 Å². The van der Waals surface area contributed by atoms with E-state index in [9.17, 15) is 0 Å². The van der Waals surface area contributed by atoms with Crippen LogP contribution in [0.15, 0.2) is 46.9 Å². The first-order chi connectivity index (χ1) is 10.3. The molecule has 0 amide bonds. The van der Waals surface area contributed by atoms with E-state index in [2.05, 4.69) is 15.3 Å². The van der Waals surface area contributed by atoms with E-state index in [1.165, 1.54) is 0 Å². The van der Waals surface area contributed by atoms with Crippen molar-refractivity contribution in [2.75, 3.05) is 7.11 Å². The minimum atomic E-state index is 0.456. The van der Waals surface area contributed by atoms with Crippen molar-refractivity contribution in [2.24, 2.45) is 5.10 Å². The maximum Gasteiger partial charge on any atom is 0.216 e. The lowest BCUT2D eigenvalue weighted by molar-refractivity contribution is 0.415. The molecule has 0 saturated carbocycles. The van der Waals surface area contributed by atoms with Crippen LogP contribution in [-0.4, -0.2) is 28.2 Å². The van der Waals surface area contributed by atoms with E-state index in [0.717, 1.165) is 16.2 Å². The first-order valence-electron chi connectivity index (χ1n) is 6.17. The molecule has 0 saturated heterocycles. The highest BCUT2D eigenvalue weighted by Gasteiger charge is 2.08. The fraction of sp³-hybridized carbons (Fsp3) is 0.0714. The highest BCUT2D eigenvalue weighted by molar-refractivity contribution is 7.71. The molecule has 7 heteroatoms. The summed E-state index contributed by atoms with van der Waals surface area (Å²) < 4.78 is 7.26. The molecule has 1 N–H and O–H groups in total. The van der Waals surface area contributed by atoms with Crippen molar-refractivity contribution < 1.29 is 4.74 Å². The second-order valence-electron chi connectivity index (χ2n) is 4.16. The Hall–Kier alpha value is -2.25. The molecule has 5 nitrogen and oxygen atoms in total. The highest BCUT2D eigenvalue weighted by Crippen LogP contribution is 2.22. The summed E-state index contributed by atoms with van der Waals surface area (Å²) in [5, 5.41) is 13.4. The van der Waals surface area contributed by atoms with Crippen molar-refractivity contribution in [1.82, 2.24) is 14.9 Å². The number of hydrogen-bond acceptors (Lipinski definition) is 5. The molecule has 3 aromatic rings. The fourth-order valence-corrected chi connectivity index (χ4v) is 2.69. The van der Waals surface area contributed by atoms with E-state index >= 15 is 0 Å². The Bertz CT molecular complexity index is 818. The first kappa shape index (κ1) is 13.7. The van der Waals surface area contributed by atoms with E-state index < -0.39 is 0 Å². The van der Waals surface area contributed by atoms with Gasteiger partial charge in [-0.1, -0.05) is 18.2 Å². The number of methoxy groups -OCH3 is 1. The zero-order valence-electron chi connectivity index (χ0n) is 11.2. The number of rotatable bonds is 4. The highest BCUT2D eigenvalue weighted by atomic mass is 32.1. The number of nitrogens with one attached hydrogen (secondary N) is 1.